The van der Waals surface area contributed by atoms with Crippen LogP contribution in [0.5, 0.6) is 11.5 Å². The maximum Gasteiger partial charge on any atom is 0.244 e. The molecule has 8 heteroatoms. The highest BCUT2D eigenvalue weighted by molar-refractivity contribution is 7.89. The van der Waals surface area contributed by atoms with Crippen LogP contribution in [0.25, 0.3) is 0 Å². The lowest BCUT2D eigenvalue weighted by molar-refractivity contribution is -0.117. The maximum atomic E-state index is 12.9. The van der Waals surface area contributed by atoms with Gasteiger partial charge < -0.3 is 14.4 Å². The Labute approximate surface area is 165 Å². The molecule has 2 aromatic carbocycles. The van der Waals surface area contributed by atoms with Crippen molar-refractivity contribution in [3.63, 3.8) is 0 Å². The van der Waals surface area contributed by atoms with Crippen molar-refractivity contribution in [2.24, 2.45) is 0 Å². The van der Waals surface area contributed by atoms with Crippen LogP contribution in [0.2, 0.25) is 0 Å². The molecule has 0 radical (unpaired) electrons. The van der Waals surface area contributed by atoms with Gasteiger partial charge in [-0.3, -0.25) is 4.79 Å². The molecule has 1 N–H and O–H groups in total. The first-order valence-corrected chi connectivity index (χ1v) is 10.4. The van der Waals surface area contributed by atoms with E-state index in [4.69, 9.17) is 9.47 Å². The Balaban J connectivity index is 1.82. The highest BCUT2D eigenvalue weighted by atomic mass is 32.2. The lowest BCUT2D eigenvalue weighted by Crippen LogP contribution is -2.37. The van der Waals surface area contributed by atoms with Crippen LogP contribution in [0.1, 0.15) is 17.5 Å². The van der Waals surface area contributed by atoms with Crippen molar-refractivity contribution in [2.45, 2.75) is 31.2 Å². The van der Waals surface area contributed by atoms with E-state index in [2.05, 4.69) is 4.72 Å². The van der Waals surface area contributed by atoms with Crippen molar-refractivity contribution in [3.8, 4) is 11.5 Å². The van der Waals surface area contributed by atoms with E-state index in [-0.39, 0.29) is 29.5 Å². The van der Waals surface area contributed by atoms with Crippen LogP contribution in [-0.2, 0) is 14.8 Å². The molecule has 0 bridgehead atoms. The van der Waals surface area contributed by atoms with E-state index in [1.54, 1.807) is 11.0 Å². The minimum absolute atomic E-state index is 0.0218. The topological polar surface area (TPSA) is 84.9 Å². The zero-order valence-corrected chi connectivity index (χ0v) is 17.2. The van der Waals surface area contributed by atoms with Crippen LogP contribution in [0.15, 0.2) is 41.3 Å². The summed E-state index contributed by atoms with van der Waals surface area (Å²) >= 11 is 0. The Bertz CT molecular complexity index is 1000. The fraction of sp³-hybridized carbons (Fsp3) is 0.350. The van der Waals surface area contributed by atoms with Crippen molar-refractivity contribution in [1.82, 2.24) is 4.72 Å². The average Bonchev–Trinajstić information content (AvgIpc) is 3.02. The van der Waals surface area contributed by atoms with Gasteiger partial charge in [-0.25, -0.2) is 13.1 Å². The molecule has 28 heavy (non-hydrogen) atoms. The summed E-state index contributed by atoms with van der Waals surface area (Å²) in [6.07, 6.45) is 0.0957. The Morgan fingerprint density at radius 2 is 1.79 bits per heavy atom. The summed E-state index contributed by atoms with van der Waals surface area (Å²) in [6, 6.07) is 9.80. The van der Waals surface area contributed by atoms with Gasteiger partial charge in [-0.15, -0.1) is 0 Å². The quantitative estimate of drug-likeness (QED) is 0.799. The number of hydrogen-bond donors (Lipinski definition) is 1. The molecule has 1 aliphatic rings. The second kappa shape index (κ2) is 7.81. The fourth-order valence-electron chi connectivity index (χ4n) is 3.21. The first-order valence-electron chi connectivity index (χ1n) is 8.87. The van der Waals surface area contributed by atoms with Gasteiger partial charge in [-0.2, -0.15) is 0 Å². The van der Waals surface area contributed by atoms with Gasteiger partial charge in [-0.05, 0) is 49.2 Å². The van der Waals surface area contributed by atoms with Crippen LogP contribution in [0, 0.1) is 13.8 Å². The number of ether oxygens (including phenoxy) is 2. The van der Waals surface area contributed by atoms with Gasteiger partial charge in [0.1, 0.15) is 16.4 Å². The summed E-state index contributed by atoms with van der Waals surface area (Å²) in [5, 5.41) is 0. The maximum absolute atomic E-state index is 12.9. The molecule has 2 aromatic rings. The largest absolute Gasteiger partial charge is 0.497 e. The summed E-state index contributed by atoms with van der Waals surface area (Å²) in [7, 11) is -1.03. The normalized spacial score (nSPS) is 17.1. The molecule has 150 valence electrons. The number of hydrogen-bond acceptors (Lipinski definition) is 5. The molecule has 0 aromatic heterocycles. The molecular formula is C20H24N2O5S. The predicted molar refractivity (Wildman–Crippen MR) is 107 cm³/mol. The van der Waals surface area contributed by atoms with Crippen molar-refractivity contribution >= 4 is 21.6 Å². The number of carbonyl (C=O) groups is 1. The first kappa shape index (κ1) is 20.2. The zero-order valence-electron chi connectivity index (χ0n) is 16.4. The Hall–Kier alpha value is -2.58. The van der Waals surface area contributed by atoms with Crippen molar-refractivity contribution in [2.75, 3.05) is 25.7 Å². The standard InChI is InChI=1S/C20H24N2O5S/c1-13-5-6-16(9-14(13)2)22-12-15(10-20(22)23)21-28(24,25)19-11-17(26-3)7-8-18(19)27-4/h5-9,11,15,21H,10,12H2,1-4H3/t15-/m0/s1. The monoisotopic (exact) mass is 404 g/mol. The molecular weight excluding hydrogens is 380 g/mol. The molecule has 7 nitrogen and oxygen atoms in total. The van der Waals surface area contributed by atoms with Gasteiger partial charge in [-0.1, -0.05) is 6.07 Å². The fourth-order valence-corrected chi connectivity index (χ4v) is 4.62. The number of nitrogens with zero attached hydrogens (tertiary/aromatic N) is 1. The summed E-state index contributed by atoms with van der Waals surface area (Å²) in [6.45, 7) is 4.25. The van der Waals surface area contributed by atoms with E-state index in [0.29, 0.717) is 5.75 Å². The summed E-state index contributed by atoms with van der Waals surface area (Å²) in [4.78, 5) is 14.1. The Morgan fingerprint density at radius 1 is 1.04 bits per heavy atom. The van der Waals surface area contributed by atoms with E-state index in [9.17, 15) is 13.2 Å². The number of nitrogens with one attached hydrogen (secondary N) is 1. The van der Waals surface area contributed by atoms with Crippen molar-refractivity contribution < 1.29 is 22.7 Å². The Morgan fingerprint density at radius 3 is 2.43 bits per heavy atom. The summed E-state index contributed by atoms with van der Waals surface area (Å²) in [5.74, 6) is 0.498. The van der Waals surface area contributed by atoms with E-state index < -0.39 is 16.1 Å². The lowest BCUT2D eigenvalue weighted by Gasteiger charge is -2.19. The molecule has 0 saturated carbocycles. The van der Waals surface area contributed by atoms with Gasteiger partial charge in [0.2, 0.25) is 15.9 Å². The molecule has 1 aliphatic heterocycles. The van der Waals surface area contributed by atoms with Crippen LogP contribution in [-0.4, -0.2) is 41.1 Å². The number of sulfonamides is 1. The van der Waals surface area contributed by atoms with Crippen LogP contribution >= 0.6 is 0 Å². The van der Waals surface area contributed by atoms with Crippen LogP contribution < -0.4 is 19.1 Å². The van der Waals surface area contributed by atoms with Gasteiger partial charge in [0.05, 0.1) is 14.2 Å². The SMILES string of the molecule is COc1ccc(OC)c(S(=O)(=O)N[C@H]2CC(=O)N(c3ccc(C)c(C)c3)C2)c1. The van der Waals surface area contributed by atoms with Gasteiger partial charge >= 0.3 is 0 Å². The van der Waals surface area contributed by atoms with Crippen LogP contribution in [0.3, 0.4) is 0 Å². The van der Waals surface area contributed by atoms with Crippen LogP contribution in [0.4, 0.5) is 5.69 Å². The van der Waals surface area contributed by atoms with E-state index in [1.165, 1.54) is 26.4 Å². The molecule has 1 amide bonds. The minimum atomic E-state index is -3.90. The third kappa shape index (κ3) is 3.98. The number of aryl methyl sites for hydroxylation is 2. The number of anilines is 1. The minimum Gasteiger partial charge on any atom is -0.497 e. The third-order valence-corrected chi connectivity index (χ3v) is 6.45. The molecule has 1 fully saturated rings. The van der Waals surface area contributed by atoms with Gasteiger partial charge in [0.25, 0.3) is 0 Å². The molecule has 1 heterocycles. The predicted octanol–water partition coefficient (Wildman–Crippen LogP) is 2.40. The van der Waals surface area contributed by atoms with E-state index >= 15 is 0 Å². The highest BCUT2D eigenvalue weighted by Crippen LogP contribution is 2.30. The van der Waals surface area contributed by atoms with E-state index in [0.717, 1.165) is 16.8 Å². The lowest BCUT2D eigenvalue weighted by atomic mass is 10.1. The highest BCUT2D eigenvalue weighted by Gasteiger charge is 2.34. The average molecular weight is 404 g/mol. The zero-order chi connectivity index (χ0) is 20.5. The Kier molecular flexibility index (Phi) is 5.62. The molecule has 0 spiro atoms. The summed E-state index contributed by atoms with van der Waals surface area (Å²) in [5.41, 5.74) is 2.99. The van der Waals surface area contributed by atoms with E-state index in [1.807, 2.05) is 32.0 Å². The molecule has 0 unspecified atom stereocenters. The number of benzene rings is 2. The molecule has 1 saturated heterocycles. The number of rotatable bonds is 6. The number of carbonyl (C=O) groups excluding carboxylic acids is 1. The number of amides is 1. The van der Waals surface area contributed by atoms with Gasteiger partial charge in [0.15, 0.2) is 0 Å². The third-order valence-electron chi connectivity index (χ3n) is 4.91. The van der Waals surface area contributed by atoms with Crippen molar-refractivity contribution in [3.05, 3.63) is 47.5 Å². The smallest absolute Gasteiger partial charge is 0.244 e. The molecule has 1 atom stereocenters. The summed E-state index contributed by atoms with van der Waals surface area (Å²) < 4.78 is 38.7. The van der Waals surface area contributed by atoms with Gasteiger partial charge in [0, 0.05) is 30.8 Å². The number of methoxy groups -OCH3 is 2. The first-order chi connectivity index (χ1) is 13.2. The molecule has 0 aliphatic carbocycles. The molecule has 3 rings (SSSR count). The van der Waals surface area contributed by atoms with Crippen molar-refractivity contribution in [1.29, 1.82) is 0 Å². The second-order valence-electron chi connectivity index (χ2n) is 6.81. The second-order valence-corrected chi connectivity index (χ2v) is 8.49.